The molecular weight excluding hydrogens is 406 g/mol. The van der Waals surface area contributed by atoms with E-state index in [1.54, 1.807) is 0 Å². The van der Waals surface area contributed by atoms with Crippen LogP contribution in [0.15, 0.2) is 0 Å². The third kappa shape index (κ3) is 11.8. The first-order chi connectivity index (χ1) is 14.9. The summed E-state index contributed by atoms with van der Waals surface area (Å²) >= 11 is 0. The van der Waals surface area contributed by atoms with Gasteiger partial charge >= 0.3 is 5.97 Å². The van der Waals surface area contributed by atoms with Crippen LogP contribution < -0.4 is 5.32 Å². The molecule has 6 N–H and O–H groups in total. The van der Waals surface area contributed by atoms with Gasteiger partial charge in [0, 0.05) is 12.8 Å². The lowest BCUT2D eigenvalue weighted by molar-refractivity contribution is -0.236. The summed E-state index contributed by atoms with van der Waals surface area (Å²) in [4.78, 5) is 22.4. The molecule has 182 valence electrons. The molecule has 0 aliphatic carbocycles. The van der Waals surface area contributed by atoms with Crippen LogP contribution in [0.1, 0.15) is 89.9 Å². The van der Waals surface area contributed by atoms with Gasteiger partial charge < -0.3 is 35.6 Å². The Morgan fingerprint density at radius 3 is 1.58 bits per heavy atom. The largest absolute Gasteiger partial charge is 0.481 e. The van der Waals surface area contributed by atoms with Crippen LogP contribution in [-0.4, -0.2) is 74.7 Å². The predicted octanol–water partition coefficient (Wildman–Crippen LogP) is 1.45. The number of carboxylic acid groups (broad SMARTS) is 1. The van der Waals surface area contributed by atoms with Crippen LogP contribution in [0.25, 0.3) is 0 Å². The Bertz CT molecular complexity index is 502. The van der Waals surface area contributed by atoms with E-state index < -0.39 is 43.2 Å². The van der Waals surface area contributed by atoms with E-state index in [0.29, 0.717) is 0 Å². The highest BCUT2D eigenvalue weighted by atomic mass is 16.6. The molecular formula is C22H41NO8. The highest BCUT2D eigenvalue weighted by Crippen LogP contribution is 2.20. The molecule has 0 spiro atoms. The summed E-state index contributed by atoms with van der Waals surface area (Å²) < 4.78 is 5.26. The van der Waals surface area contributed by atoms with E-state index in [1.165, 1.54) is 32.1 Å². The maximum atomic E-state index is 12.0. The smallest absolute Gasteiger partial charge is 0.303 e. The number of unbranched alkanes of at least 4 members (excludes halogenated alkanes) is 11. The van der Waals surface area contributed by atoms with Crippen LogP contribution in [-0.2, 0) is 14.3 Å². The minimum Gasteiger partial charge on any atom is -0.481 e. The number of aliphatic hydroxyl groups is 4. The van der Waals surface area contributed by atoms with Gasteiger partial charge in [-0.25, -0.2) is 0 Å². The summed E-state index contributed by atoms with van der Waals surface area (Å²) in [5.41, 5.74) is 0. The molecule has 1 aliphatic heterocycles. The minimum absolute atomic E-state index is 0.273. The lowest BCUT2D eigenvalue weighted by Gasteiger charge is -2.40. The van der Waals surface area contributed by atoms with Gasteiger partial charge in [-0.3, -0.25) is 9.59 Å². The lowest BCUT2D eigenvalue weighted by atomic mass is 9.98. The number of carbonyl (C=O) groups is 2. The molecule has 1 aliphatic rings. The number of hydrogen-bond donors (Lipinski definition) is 6. The van der Waals surface area contributed by atoms with Gasteiger partial charge in [0.05, 0.1) is 6.61 Å². The first kappa shape index (κ1) is 27.8. The molecule has 1 amide bonds. The fraction of sp³-hybridized carbons (Fsp3) is 0.909. The highest BCUT2D eigenvalue weighted by Gasteiger charge is 2.43. The van der Waals surface area contributed by atoms with Crippen LogP contribution in [0, 0.1) is 0 Å². The zero-order valence-corrected chi connectivity index (χ0v) is 18.5. The molecule has 1 fully saturated rings. The Morgan fingerprint density at radius 1 is 0.677 bits per heavy atom. The van der Waals surface area contributed by atoms with Crippen molar-refractivity contribution >= 4 is 11.9 Å². The predicted molar refractivity (Wildman–Crippen MR) is 114 cm³/mol. The van der Waals surface area contributed by atoms with Crippen molar-refractivity contribution in [1.82, 2.24) is 5.32 Å². The zero-order chi connectivity index (χ0) is 23.1. The van der Waals surface area contributed by atoms with Crippen molar-refractivity contribution in [3.63, 3.8) is 0 Å². The van der Waals surface area contributed by atoms with Gasteiger partial charge in [0.15, 0.2) is 6.23 Å². The van der Waals surface area contributed by atoms with Crippen molar-refractivity contribution in [2.24, 2.45) is 0 Å². The number of ether oxygens (including phenoxy) is 1. The molecule has 0 unspecified atom stereocenters. The number of hydrogen-bond acceptors (Lipinski definition) is 7. The van der Waals surface area contributed by atoms with E-state index in [-0.39, 0.29) is 18.7 Å². The van der Waals surface area contributed by atoms with E-state index in [1.807, 2.05) is 0 Å². The molecule has 0 saturated carbocycles. The molecule has 0 aromatic heterocycles. The molecule has 9 nitrogen and oxygen atoms in total. The Kier molecular flexibility index (Phi) is 14.7. The van der Waals surface area contributed by atoms with Crippen molar-refractivity contribution in [3.05, 3.63) is 0 Å². The number of aliphatic hydroxyl groups excluding tert-OH is 4. The SMILES string of the molecule is O=C(O)CCCCCCCCCCCCCCC(=O)N[C@@H]1O[C@H](CO)[C@H](O)[C@H](O)[C@H]1O. The van der Waals surface area contributed by atoms with Crippen LogP contribution in [0.4, 0.5) is 0 Å². The maximum Gasteiger partial charge on any atom is 0.303 e. The number of aliphatic carboxylic acids is 1. The van der Waals surface area contributed by atoms with Gasteiger partial charge in [-0.2, -0.15) is 0 Å². The Morgan fingerprint density at radius 2 is 1.13 bits per heavy atom. The fourth-order valence-corrected chi connectivity index (χ4v) is 3.78. The Labute approximate surface area is 184 Å². The average Bonchev–Trinajstić information content (AvgIpc) is 2.74. The lowest BCUT2D eigenvalue weighted by Crippen LogP contribution is -2.63. The summed E-state index contributed by atoms with van der Waals surface area (Å²) in [5, 5.41) is 49.6. The van der Waals surface area contributed by atoms with Gasteiger partial charge in [0.1, 0.15) is 24.4 Å². The van der Waals surface area contributed by atoms with Crippen LogP contribution in [0.3, 0.4) is 0 Å². The van der Waals surface area contributed by atoms with Crippen molar-refractivity contribution < 1.29 is 39.9 Å². The molecule has 0 aromatic carbocycles. The van der Waals surface area contributed by atoms with Gasteiger partial charge in [-0.1, -0.05) is 64.2 Å². The Hall–Kier alpha value is -1.26. The summed E-state index contributed by atoms with van der Waals surface area (Å²) in [6.07, 6.45) is 6.69. The normalized spacial score (nSPS) is 26.0. The van der Waals surface area contributed by atoms with E-state index in [2.05, 4.69) is 5.32 Å². The van der Waals surface area contributed by atoms with Crippen molar-refractivity contribution in [2.45, 2.75) is 121 Å². The number of nitrogens with one attached hydrogen (secondary N) is 1. The summed E-state index contributed by atoms with van der Waals surface area (Å²) in [6, 6.07) is 0. The number of amides is 1. The summed E-state index contributed by atoms with van der Waals surface area (Å²) in [5.74, 6) is -1.01. The standard InChI is InChI=1S/C22H41NO8/c24-15-16-19(28)20(29)21(30)22(31-16)23-17(25)13-11-9-7-5-3-1-2-4-6-8-10-12-14-18(26)27/h16,19-22,24,28-30H,1-15H2,(H,23,25)(H,26,27)/t16-,19+,20+,21-,22-/m1/s1. The topological polar surface area (TPSA) is 157 Å². The molecule has 0 bridgehead atoms. The van der Waals surface area contributed by atoms with Crippen molar-refractivity contribution in [2.75, 3.05) is 6.61 Å². The summed E-state index contributed by atoms with van der Waals surface area (Å²) in [7, 11) is 0. The van der Waals surface area contributed by atoms with Crippen LogP contribution >= 0.6 is 0 Å². The number of rotatable bonds is 17. The van der Waals surface area contributed by atoms with Gasteiger partial charge in [0.2, 0.25) is 5.91 Å². The second-order valence-electron chi connectivity index (χ2n) is 8.45. The maximum absolute atomic E-state index is 12.0. The first-order valence-electron chi connectivity index (χ1n) is 11.7. The molecule has 5 atom stereocenters. The molecule has 1 heterocycles. The molecule has 0 radical (unpaired) electrons. The summed E-state index contributed by atoms with van der Waals surface area (Å²) in [6.45, 7) is -0.524. The first-order valence-corrected chi connectivity index (χ1v) is 11.7. The third-order valence-electron chi connectivity index (χ3n) is 5.74. The van der Waals surface area contributed by atoms with Crippen LogP contribution in [0.5, 0.6) is 0 Å². The molecule has 31 heavy (non-hydrogen) atoms. The average molecular weight is 448 g/mol. The van der Waals surface area contributed by atoms with Crippen LogP contribution in [0.2, 0.25) is 0 Å². The second-order valence-corrected chi connectivity index (χ2v) is 8.45. The molecule has 1 rings (SSSR count). The molecule has 0 aromatic rings. The highest BCUT2D eigenvalue weighted by molar-refractivity contribution is 5.76. The van der Waals surface area contributed by atoms with Crippen molar-refractivity contribution in [3.8, 4) is 0 Å². The monoisotopic (exact) mass is 447 g/mol. The van der Waals surface area contributed by atoms with Gasteiger partial charge in [0.25, 0.3) is 0 Å². The third-order valence-corrected chi connectivity index (χ3v) is 5.74. The molecule has 1 saturated heterocycles. The van der Waals surface area contributed by atoms with Gasteiger partial charge in [-0.05, 0) is 12.8 Å². The fourth-order valence-electron chi connectivity index (χ4n) is 3.78. The van der Waals surface area contributed by atoms with E-state index >= 15 is 0 Å². The Balaban J connectivity index is 1.96. The minimum atomic E-state index is -1.49. The number of carbonyl (C=O) groups excluding carboxylic acids is 1. The van der Waals surface area contributed by atoms with Crippen molar-refractivity contribution in [1.29, 1.82) is 0 Å². The van der Waals surface area contributed by atoms with Gasteiger partial charge in [-0.15, -0.1) is 0 Å². The van der Waals surface area contributed by atoms with E-state index in [0.717, 1.165) is 44.9 Å². The quantitative estimate of drug-likeness (QED) is 0.183. The second kappa shape index (κ2) is 16.4. The molecule has 9 heteroatoms. The number of carboxylic acids is 1. The zero-order valence-electron chi connectivity index (χ0n) is 18.5. The van der Waals surface area contributed by atoms with E-state index in [4.69, 9.17) is 14.9 Å². The van der Waals surface area contributed by atoms with E-state index in [9.17, 15) is 24.9 Å².